The Morgan fingerprint density at radius 1 is 1.00 bits per heavy atom. The number of nitrogens with zero attached hydrogens (tertiary/aromatic N) is 1. The Bertz CT molecular complexity index is 1340. The van der Waals surface area contributed by atoms with Gasteiger partial charge in [-0.3, -0.25) is 14.4 Å². The zero-order chi connectivity index (χ0) is 32.2. The van der Waals surface area contributed by atoms with Crippen molar-refractivity contribution in [1.82, 2.24) is 15.5 Å². The van der Waals surface area contributed by atoms with Gasteiger partial charge in [-0.05, 0) is 92.7 Å². The lowest BCUT2D eigenvalue weighted by Gasteiger charge is -2.41. The van der Waals surface area contributed by atoms with E-state index in [2.05, 4.69) is 49.6 Å². The summed E-state index contributed by atoms with van der Waals surface area (Å²) in [5.41, 5.74) is 3.81. The molecule has 1 heterocycles. The maximum absolute atomic E-state index is 14.5. The summed E-state index contributed by atoms with van der Waals surface area (Å²) in [7, 11) is 0. The van der Waals surface area contributed by atoms with E-state index in [0.29, 0.717) is 25.9 Å². The summed E-state index contributed by atoms with van der Waals surface area (Å²) >= 11 is 0. The van der Waals surface area contributed by atoms with Gasteiger partial charge in [-0.2, -0.15) is 0 Å². The third-order valence-electron chi connectivity index (χ3n) is 9.14. The maximum atomic E-state index is 14.5. The summed E-state index contributed by atoms with van der Waals surface area (Å²) < 4.78 is 6.15. The first-order chi connectivity index (χ1) is 20.7. The fraction of sp³-hybridized carbons (Fsp3) is 0.595. The lowest BCUT2D eigenvalue weighted by Crippen LogP contribution is -2.56. The molecule has 0 spiro atoms. The fourth-order valence-electron chi connectivity index (χ4n) is 6.44. The zero-order valence-electron chi connectivity index (χ0n) is 28.1. The van der Waals surface area contributed by atoms with Crippen LogP contribution in [0.3, 0.4) is 0 Å². The summed E-state index contributed by atoms with van der Waals surface area (Å²) in [6.07, 6.45) is 4.63. The van der Waals surface area contributed by atoms with Gasteiger partial charge < -0.3 is 20.3 Å². The molecule has 1 aliphatic heterocycles. The highest BCUT2D eigenvalue weighted by Crippen LogP contribution is 2.36. The molecule has 3 amide bonds. The molecule has 7 nitrogen and oxygen atoms in total. The molecule has 1 aliphatic carbocycles. The first kappa shape index (κ1) is 33.5. The second-order valence-corrected chi connectivity index (χ2v) is 14.8. The third kappa shape index (κ3) is 8.22. The molecule has 4 atom stereocenters. The van der Waals surface area contributed by atoms with Crippen LogP contribution >= 0.6 is 0 Å². The van der Waals surface area contributed by atoms with Gasteiger partial charge in [-0.25, -0.2) is 0 Å². The summed E-state index contributed by atoms with van der Waals surface area (Å²) in [4.78, 5) is 43.0. The number of rotatable bonds is 9. The summed E-state index contributed by atoms with van der Waals surface area (Å²) in [6.45, 7) is 16.9. The Hall–Kier alpha value is -3.35. The van der Waals surface area contributed by atoms with Crippen molar-refractivity contribution >= 4 is 17.7 Å². The van der Waals surface area contributed by atoms with Gasteiger partial charge in [0.25, 0.3) is 0 Å². The first-order valence-electron chi connectivity index (χ1n) is 16.4. The second-order valence-electron chi connectivity index (χ2n) is 14.8. The molecule has 0 bridgehead atoms. The topological polar surface area (TPSA) is 87.7 Å². The van der Waals surface area contributed by atoms with E-state index in [1.54, 1.807) is 4.90 Å². The molecule has 0 radical (unpaired) electrons. The van der Waals surface area contributed by atoms with Gasteiger partial charge in [0, 0.05) is 31.3 Å². The van der Waals surface area contributed by atoms with E-state index < -0.39 is 6.04 Å². The number of aryl methyl sites for hydroxylation is 1. The number of carbonyl (C=O) groups is 3. The average Bonchev–Trinajstić information content (AvgIpc) is 2.96. The van der Waals surface area contributed by atoms with Gasteiger partial charge in [0.15, 0.2) is 0 Å². The molecular weight excluding hydrogens is 550 g/mol. The van der Waals surface area contributed by atoms with Crippen LogP contribution in [0.5, 0.6) is 5.75 Å². The summed E-state index contributed by atoms with van der Waals surface area (Å²) in [6, 6.07) is 13.7. The lowest BCUT2D eigenvalue weighted by molar-refractivity contribution is -0.148. The van der Waals surface area contributed by atoms with Crippen LogP contribution in [-0.4, -0.2) is 40.8 Å². The molecule has 0 fully saturated rings. The van der Waals surface area contributed by atoms with Crippen molar-refractivity contribution in [3.8, 4) is 5.75 Å². The lowest BCUT2D eigenvalue weighted by atomic mass is 9.77. The monoisotopic (exact) mass is 603 g/mol. The van der Waals surface area contributed by atoms with Crippen molar-refractivity contribution in [3.63, 3.8) is 0 Å². The largest absolute Gasteiger partial charge is 0.488 e. The number of hydrogen-bond acceptors (Lipinski definition) is 4. The third-order valence-corrected chi connectivity index (χ3v) is 9.14. The Labute approximate surface area is 264 Å². The molecule has 240 valence electrons. The maximum Gasteiger partial charge on any atom is 0.243 e. The van der Waals surface area contributed by atoms with Crippen molar-refractivity contribution in [2.45, 2.75) is 118 Å². The summed E-state index contributed by atoms with van der Waals surface area (Å²) in [5.74, 6) is 0.160. The van der Waals surface area contributed by atoms with Gasteiger partial charge in [0.2, 0.25) is 17.7 Å². The van der Waals surface area contributed by atoms with E-state index in [9.17, 15) is 14.4 Å². The average molecular weight is 604 g/mol. The van der Waals surface area contributed by atoms with Crippen molar-refractivity contribution in [3.05, 3.63) is 64.7 Å². The Morgan fingerprint density at radius 3 is 2.41 bits per heavy atom. The SMILES string of the molecule is CC[C@@H](C)C(=O)NCC[C@H](C(=O)N1Cc2cc(OC(C)(C)C)ccc2C[C@H]1C(=O)N[C@@H]1CCCc2ccccc21)C(C)(C)C. The Balaban J connectivity index is 1.63. The Kier molecular flexibility index (Phi) is 10.5. The van der Waals surface area contributed by atoms with Crippen molar-refractivity contribution in [1.29, 1.82) is 0 Å². The van der Waals surface area contributed by atoms with Crippen LogP contribution in [0.2, 0.25) is 0 Å². The van der Waals surface area contributed by atoms with Crippen LogP contribution in [0.4, 0.5) is 0 Å². The fourth-order valence-corrected chi connectivity index (χ4v) is 6.44. The molecule has 2 aromatic rings. The van der Waals surface area contributed by atoms with E-state index in [4.69, 9.17) is 4.74 Å². The van der Waals surface area contributed by atoms with Crippen LogP contribution in [0.15, 0.2) is 42.5 Å². The molecule has 2 aliphatic rings. The van der Waals surface area contributed by atoms with Gasteiger partial charge in [0.1, 0.15) is 17.4 Å². The van der Waals surface area contributed by atoms with Crippen LogP contribution in [0.25, 0.3) is 0 Å². The highest BCUT2D eigenvalue weighted by molar-refractivity contribution is 5.90. The quantitative estimate of drug-likeness (QED) is 0.341. The number of nitrogens with one attached hydrogen (secondary N) is 2. The highest BCUT2D eigenvalue weighted by Gasteiger charge is 2.42. The van der Waals surface area contributed by atoms with Gasteiger partial charge in [0.05, 0.1) is 6.04 Å². The molecule has 0 aromatic heterocycles. The molecule has 7 heteroatoms. The van der Waals surface area contributed by atoms with Crippen LogP contribution in [0, 0.1) is 17.3 Å². The molecule has 0 unspecified atom stereocenters. The van der Waals surface area contributed by atoms with Gasteiger partial charge >= 0.3 is 0 Å². The molecule has 2 aromatic carbocycles. The van der Waals surface area contributed by atoms with Crippen LogP contribution in [0.1, 0.15) is 109 Å². The number of carbonyl (C=O) groups excluding carboxylic acids is 3. The standard InChI is InChI=1S/C37H53N3O4/c1-9-24(2)33(41)38-20-19-30(36(3,4)5)35(43)40-23-27-21-28(44-37(6,7)8)18-17-26(27)22-32(40)34(42)39-31-16-12-14-25-13-10-11-15-29(25)31/h10-11,13,15,17-18,21,24,30-32H,9,12,14,16,19-20,22-23H2,1-8H3,(H,38,41)(H,39,42)/t24-,30-,31-,32+/m1/s1. The smallest absolute Gasteiger partial charge is 0.243 e. The number of amides is 3. The molecule has 0 saturated heterocycles. The second kappa shape index (κ2) is 13.7. The van der Waals surface area contributed by atoms with Crippen LogP contribution in [-0.2, 0) is 33.8 Å². The van der Waals surface area contributed by atoms with Gasteiger partial charge in [-0.15, -0.1) is 0 Å². The highest BCUT2D eigenvalue weighted by atomic mass is 16.5. The Morgan fingerprint density at radius 2 is 1.73 bits per heavy atom. The minimum Gasteiger partial charge on any atom is -0.488 e. The van der Waals surface area contributed by atoms with E-state index >= 15 is 0 Å². The van der Waals surface area contributed by atoms with E-state index in [-0.39, 0.29) is 46.6 Å². The first-order valence-corrected chi connectivity index (χ1v) is 16.4. The minimum absolute atomic E-state index is 0.0101. The van der Waals surface area contributed by atoms with Gasteiger partial charge in [-0.1, -0.05) is 65.0 Å². The normalized spacial score (nSPS) is 19.7. The minimum atomic E-state index is -0.627. The van der Waals surface area contributed by atoms with E-state index in [1.807, 2.05) is 58.9 Å². The number of ether oxygens (including phenoxy) is 1. The van der Waals surface area contributed by atoms with E-state index in [1.165, 1.54) is 11.1 Å². The van der Waals surface area contributed by atoms with Crippen molar-refractivity contribution in [2.75, 3.05) is 6.54 Å². The van der Waals surface area contributed by atoms with Crippen molar-refractivity contribution < 1.29 is 19.1 Å². The predicted molar refractivity (Wildman–Crippen MR) is 175 cm³/mol. The number of benzene rings is 2. The molecule has 44 heavy (non-hydrogen) atoms. The summed E-state index contributed by atoms with van der Waals surface area (Å²) in [5, 5.41) is 6.37. The zero-order valence-corrected chi connectivity index (χ0v) is 28.1. The number of fused-ring (bicyclic) bond motifs is 2. The predicted octanol–water partition coefficient (Wildman–Crippen LogP) is 6.53. The molecular formula is C37H53N3O4. The molecule has 0 saturated carbocycles. The van der Waals surface area contributed by atoms with E-state index in [0.717, 1.165) is 42.6 Å². The van der Waals surface area contributed by atoms with Crippen molar-refractivity contribution in [2.24, 2.45) is 17.3 Å². The molecule has 2 N–H and O–H groups in total. The molecule has 4 rings (SSSR count). The van der Waals surface area contributed by atoms with Crippen LogP contribution < -0.4 is 15.4 Å². The number of hydrogen-bond donors (Lipinski definition) is 2.